The van der Waals surface area contributed by atoms with Crippen LogP contribution in [0.25, 0.3) is 11.3 Å². The Labute approximate surface area is 122 Å². The SMILES string of the molecule is Cc1cn(Cc2ccccc2)c(C(=O)O)c1-c1ccco1. The van der Waals surface area contributed by atoms with E-state index in [0.717, 1.165) is 11.1 Å². The van der Waals surface area contributed by atoms with Crippen LogP contribution in [0.4, 0.5) is 0 Å². The lowest BCUT2D eigenvalue weighted by Gasteiger charge is -2.07. The number of aromatic nitrogens is 1. The fraction of sp³-hybridized carbons (Fsp3) is 0.118. The molecule has 0 aliphatic rings. The highest BCUT2D eigenvalue weighted by Crippen LogP contribution is 2.30. The second kappa shape index (κ2) is 5.32. The third-order valence-corrected chi connectivity index (χ3v) is 3.43. The molecule has 0 saturated carbocycles. The van der Waals surface area contributed by atoms with Gasteiger partial charge in [-0.05, 0) is 30.2 Å². The molecule has 1 N–H and O–H groups in total. The molecular weight excluding hydrogens is 266 g/mol. The Morgan fingerprint density at radius 3 is 2.57 bits per heavy atom. The summed E-state index contributed by atoms with van der Waals surface area (Å²) in [6.07, 6.45) is 3.41. The van der Waals surface area contributed by atoms with E-state index < -0.39 is 5.97 Å². The number of rotatable bonds is 4. The van der Waals surface area contributed by atoms with Crippen molar-refractivity contribution in [3.63, 3.8) is 0 Å². The standard InChI is InChI=1S/C17H15NO3/c1-12-10-18(11-13-6-3-2-4-7-13)16(17(19)20)15(12)14-8-5-9-21-14/h2-10H,11H2,1H3,(H,19,20). The number of carbonyl (C=O) groups is 1. The van der Waals surface area contributed by atoms with E-state index in [1.165, 1.54) is 0 Å². The maximum atomic E-state index is 11.7. The van der Waals surface area contributed by atoms with E-state index in [9.17, 15) is 9.90 Å². The molecule has 0 amide bonds. The lowest BCUT2D eigenvalue weighted by molar-refractivity contribution is 0.0686. The van der Waals surface area contributed by atoms with Gasteiger partial charge in [0.25, 0.3) is 0 Å². The van der Waals surface area contributed by atoms with Gasteiger partial charge in [0.05, 0.1) is 11.8 Å². The average molecular weight is 281 g/mol. The van der Waals surface area contributed by atoms with Crippen molar-refractivity contribution in [3.8, 4) is 11.3 Å². The minimum atomic E-state index is -0.953. The van der Waals surface area contributed by atoms with Crippen molar-refractivity contribution in [1.29, 1.82) is 0 Å². The summed E-state index contributed by atoms with van der Waals surface area (Å²) in [5.74, 6) is -0.373. The molecule has 1 aromatic carbocycles. The number of aromatic carboxylic acids is 1. The molecule has 0 fully saturated rings. The quantitative estimate of drug-likeness (QED) is 0.791. The molecule has 0 radical (unpaired) electrons. The molecule has 106 valence electrons. The van der Waals surface area contributed by atoms with Crippen LogP contribution in [0, 0.1) is 6.92 Å². The van der Waals surface area contributed by atoms with Gasteiger partial charge in [0.1, 0.15) is 11.5 Å². The zero-order valence-corrected chi connectivity index (χ0v) is 11.6. The number of nitrogens with zero attached hydrogens (tertiary/aromatic N) is 1. The zero-order valence-electron chi connectivity index (χ0n) is 11.6. The number of furan rings is 1. The predicted molar refractivity (Wildman–Crippen MR) is 79.4 cm³/mol. The van der Waals surface area contributed by atoms with Crippen LogP contribution in [0.15, 0.2) is 59.3 Å². The zero-order chi connectivity index (χ0) is 14.8. The van der Waals surface area contributed by atoms with Crippen LogP contribution in [-0.2, 0) is 6.54 Å². The molecule has 4 heteroatoms. The number of carboxylic acids is 1. The summed E-state index contributed by atoms with van der Waals surface area (Å²) < 4.78 is 7.13. The molecular formula is C17H15NO3. The summed E-state index contributed by atoms with van der Waals surface area (Å²) in [5.41, 5.74) is 2.84. The molecule has 21 heavy (non-hydrogen) atoms. The van der Waals surface area contributed by atoms with Crippen molar-refractivity contribution in [2.24, 2.45) is 0 Å². The van der Waals surface area contributed by atoms with Gasteiger partial charge >= 0.3 is 5.97 Å². The smallest absolute Gasteiger partial charge is 0.353 e. The van der Waals surface area contributed by atoms with Crippen LogP contribution in [0.5, 0.6) is 0 Å². The van der Waals surface area contributed by atoms with Crippen LogP contribution < -0.4 is 0 Å². The number of hydrogen-bond donors (Lipinski definition) is 1. The summed E-state index contributed by atoms with van der Waals surface area (Å²) in [6.45, 7) is 2.41. The summed E-state index contributed by atoms with van der Waals surface area (Å²) in [4.78, 5) is 11.7. The second-order valence-corrected chi connectivity index (χ2v) is 4.93. The lowest BCUT2D eigenvalue weighted by Crippen LogP contribution is -2.09. The van der Waals surface area contributed by atoms with Gasteiger partial charge in [-0.25, -0.2) is 4.79 Å². The topological polar surface area (TPSA) is 55.4 Å². The summed E-state index contributed by atoms with van der Waals surface area (Å²) in [7, 11) is 0. The molecule has 0 saturated heterocycles. The Bertz CT molecular complexity index is 755. The van der Waals surface area contributed by atoms with Crippen molar-refractivity contribution in [2.45, 2.75) is 13.5 Å². The average Bonchev–Trinajstić information content (AvgIpc) is 3.07. The maximum Gasteiger partial charge on any atom is 0.353 e. The maximum absolute atomic E-state index is 11.7. The first kappa shape index (κ1) is 13.2. The fourth-order valence-corrected chi connectivity index (χ4v) is 2.56. The van der Waals surface area contributed by atoms with E-state index in [1.807, 2.05) is 43.5 Å². The minimum Gasteiger partial charge on any atom is -0.477 e. The van der Waals surface area contributed by atoms with E-state index in [2.05, 4.69) is 0 Å². The van der Waals surface area contributed by atoms with E-state index in [0.29, 0.717) is 17.9 Å². The van der Waals surface area contributed by atoms with Crippen molar-refractivity contribution in [1.82, 2.24) is 4.57 Å². The van der Waals surface area contributed by atoms with Gasteiger partial charge in [-0.2, -0.15) is 0 Å². The Balaban J connectivity index is 2.10. The van der Waals surface area contributed by atoms with Crippen LogP contribution in [-0.4, -0.2) is 15.6 Å². The highest BCUT2D eigenvalue weighted by Gasteiger charge is 2.22. The Morgan fingerprint density at radius 2 is 1.95 bits per heavy atom. The number of hydrogen-bond acceptors (Lipinski definition) is 2. The molecule has 0 bridgehead atoms. The summed E-state index contributed by atoms with van der Waals surface area (Å²) >= 11 is 0. The monoisotopic (exact) mass is 281 g/mol. The first-order valence-electron chi connectivity index (χ1n) is 6.67. The van der Waals surface area contributed by atoms with Gasteiger partial charge in [0.15, 0.2) is 0 Å². The molecule has 0 spiro atoms. The van der Waals surface area contributed by atoms with Gasteiger partial charge in [-0.15, -0.1) is 0 Å². The van der Waals surface area contributed by atoms with Crippen LogP contribution >= 0.6 is 0 Å². The molecule has 2 heterocycles. The number of benzene rings is 1. The molecule has 0 unspecified atom stereocenters. The first-order chi connectivity index (χ1) is 10.2. The van der Waals surface area contributed by atoms with Gasteiger partial charge in [-0.3, -0.25) is 0 Å². The molecule has 3 aromatic rings. The minimum absolute atomic E-state index is 0.256. The molecule has 3 rings (SSSR count). The van der Waals surface area contributed by atoms with Crippen molar-refractivity contribution in [3.05, 3.63) is 71.7 Å². The van der Waals surface area contributed by atoms with Crippen molar-refractivity contribution >= 4 is 5.97 Å². The molecule has 0 aliphatic heterocycles. The van der Waals surface area contributed by atoms with Gasteiger partial charge < -0.3 is 14.1 Å². The second-order valence-electron chi connectivity index (χ2n) is 4.93. The Kier molecular flexibility index (Phi) is 3.36. The molecule has 0 atom stereocenters. The van der Waals surface area contributed by atoms with Crippen molar-refractivity contribution < 1.29 is 14.3 Å². The number of aryl methyl sites for hydroxylation is 1. The molecule has 2 aromatic heterocycles. The third kappa shape index (κ3) is 2.48. The van der Waals surface area contributed by atoms with E-state index in [-0.39, 0.29) is 5.69 Å². The van der Waals surface area contributed by atoms with Crippen LogP contribution in [0.1, 0.15) is 21.6 Å². The van der Waals surface area contributed by atoms with Crippen molar-refractivity contribution in [2.75, 3.05) is 0 Å². The summed E-state index contributed by atoms with van der Waals surface area (Å²) in [6, 6.07) is 13.3. The first-order valence-corrected chi connectivity index (χ1v) is 6.67. The fourth-order valence-electron chi connectivity index (χ4n) is 2.56. The van der Waals surface area contributed by atoms with E-state index in [4.69, 9.17) is 4.42 Å². The molecule has 4 nitrogen and oxygen atoms in total. The normalized spacial score (nSPS) is 10.7. The van der Waals surface area contributed by atoms with E-state index >= 15 is 0 Å². The van der Waals surface area contributed by atoms with E-state index in [1.54, 1.807) is 23.0 Å². The van der Waals surface area contributed by atoms with Crippen LogP contribution in [0.2, 0.25) is 0 Å². The van der Waals surface area contributed by atoms with Crippen LogP contribution in [0.3, 0.4) is 0 Å². The predicted octanol–water partition coefficient (Wildman–Crippen LogP) is 3.80. The van der Waals surface area contributed by atoms with Gasteiger partial charge in [0.2, 0.25) is 0 Å². The molecule has 0 aliphatic carbocycles. The van der Waals surface area contributed by atoms with Gasteiger partial charge in [-0.1, -0.05) is 30.3 Å². The number of carboxylic acid groups (broad SMARTS) is 1. The lowest BCUT2D eigenvalue weighted by atomic mass is 10.1. The van der Waals surface area contributed by atoms with Gasteiger partial charge in [0, 0.05) is 12.7 Å². The highest BCUT2D eigenvalue weighted by molar-refractivity contribution is 5.95. The third-order valence-electron chi connectivity index (χ3n) is 3.43. The summed E-state index contributed by atoms with van der Waals surface area (Å²) in [5, 5.41) is 9.57. The largest absolute Gasteiger partial charge is 0.477 e. The Hall–Kier alpha value is -2.75. The highest BCUT2D eigenvalue weighted by atomic mass is 16.4. The Morgan fingerprint density at radius 1 is 1.19 bits per heavy atom.